The number of rotatable bonds is 14. The molecule has 0 saturated carbocycles. The number of para-hydroxylation sites is 1. The second-order valence-corrected chi connectivity index (χ2v) is 11.5. The predicted molar refractivity (Wildman–Crippen MR) is 172 cm³/mol. The van der Waals surface area contributed by atoms with Crippen molar-refractivity contribution in [3.05, 3.63) is 81.6 Å². The largest absolute Gasteiger partial charge is 0.493 e. The second kappa shape index (κ2) is 15.4. The minimum atomic E-state index is -1.18. The Hall–Kier alpha value is -3.39. The molecule has 1 aromatic heterocycles. The number of aliphatic hydroxyl groups is 3. The molecule has 0 saturated heterocycles. The molecule has 1 aliphatic rings. The van der Waals surface area contributed by atoms with E-state index in [4.69, 9.17) is 9.47 Å². The molecule has 0 spiro atoms. The molecule has 230 valence electrons. The summed E-state index contributed by atoms with van der Waals surface area (Å²) in [5.74, 6) is 0.128. The molecule has 5 N–H and O–H groups in total. The molecular weight excluding hydrogens is 665 g/mol. The third-order valence-electron chi connectivity index (χ3n) is 7.43. The lowest BCUT2D eigenvalue weighted by Gasteiger charge is -2.40. The first-order valence-corrected chi connectivity index (χ1v) is 15.3. The van der Waals surface area contributed by atoms with Crippen molar-refractivity contribution in [1.82, 2.24) is 15.2 Å². The van der Waals surface area contributed by atoms with Crippen molar-refractivity contribution >= 4 is 45.3 Å². The lowest BCUT2D eigenvalue weighted by molar-refractivity contribution is -0.138. The summed E-state index contributed by atoms with van der Waals surface area (Å²) in [5, 5.41) is 34.4. The Morgan fingerprint density at radius 2 is 2.02 bits per heavy atom. The van der Waals surface area contributed by atoms with Gasteiger partial charge < -0.3 is 40.0 Å². The fraction of sp³-hybridized carbons (Fsp3) is 0.375. The van der Waals surface area contributed by atoms with E-state index in [1.165, 1.54) is 7.11 Å². The fourth-order valence-electron chi connectivity index (χ4n) is 5.25. The number of aliphatic hydroxyl groups excluding tert-OH is 3. The van der Waals surface area contributed by atoms with Crippen LogP contribution in [0.15, 0.2) is 66.8 Å². The van der Waals surface area contributed by atoms with Crippen molar-refractivity contribution in [3.63, 3.8) is 0 Å². The molecule has 0 fully saturated rings. The van der Waals surface area contributed by atoms with Crippen LogP contribution < -0.4 is 14.8 Å². The Kier molecular flexibility index (Phi) is 11.6. The topological polar surface area (TPSA) is 144 Å². The Labute approximate surface area is 264 Å². The summed E-state index contributed by atoms with van der Waals surface area (Å²) in [6.45, 7) is 3.69. The summed E-state index contributed by atoms with van der Waals surface area (Å²) in [6.07, 6.45) is 2.34. The number of hydrogen-bond donors (Lipinski definition) is 5. The van der Waals surface area contributed by atoms with E-state index in [0.29, 0.717) is 45.6 Å². The number of allylic oxidation sites excluding steroid dienone is 1. The Bertz CT molecular complexity index is 1440. The first-order chi connectivity index (χ1) is 20.8. The lowest BCUT2D eigenvalue weighted by Crippen LogP contribution is -2.55. The van der Waals surface area contributed by atoms with Gasteiger partial charge in [-0.1, -0.05) is 24.3 Å². The molecule has 0 radical (unpaired) electrons. The van der Waals surface area contributed by atoms with Crippen LogP contribution in [0.3, 0.4) is 0 Å². The molecule has 3 aromatic rings. The minimum Gasteiger partial charge on any atom is -0.493 e. The van der Waals surface area contributed by atoms with E-state index in [-0.39, 0.29) is 38.5 Å². The summed E-state index contributed by atoms with van der Waals surface area (Å²) in [6, 6.07) is 12.6. The smallest absolute Gasteiger partial charge is 0.247 e. The lowest BCUT2D eigenvalue weighted by atomic mass is 9.87. The number of nitrogens with one attached hydrogen (secondary N) is 2. The van der Waals surface area contributed by atoms with Crippen molar-refractivity contribution in [2.45, 2.75) is 50.5 Å². The zero-order valence-electron chi connectivity index (χ0n) is 24.1. The van der Waals surface area contributed by atoms with Gasteiger partial charge in [-0.3, -0.25) is 9.59 Å². The van der Waals surface area contributed by atoms with Crippen molar-refractivity contribution in [2.24, 2.45) is 0 Å². The van der Waals surface area contributed by atoms with Crippen LogP contribution in [0, 0.1) is 3.57 Å². The van der Waals surface area contributed by atoms with Gasteiger partial charge in [0.15, 0.2) is 11.5 Å². The highest BCUT2D eigenvalue weighted by atomic mass is 127. The molecule has 3 atom stereocenters. The van der Waals surface area contributed by atoms with Crippen LogP contribution >= 0.6 is 22.6 Å². The molecule has 43 heavy (non-hydrogen) atoms. The van der Waals surface area contributed by atoms with Gasteiger partial charge in [0.2, 0.25) is 11.8 Å². The van der Waals surface area contributed by atoms with Gasteiger partial charge in [-0.2, -0.15) is 0 Å². The number of aromatic nitrogens is 1. The molecule has 2 amide bonds. The van der Waals surface area contributed by atoms with E-state index in [0.717, 1.165) is 16.6 Å². The Morgan fingerprint density at radius 3 is 2.72 bits per heavy atom. The minimum absolute atomic E-state index is 0.0611. The van der Waals surface area contributed by atoms with Gasteiger partial charge in [-0.15, -0.1) is 6.58 Å². The van der Waals surface area contributed by atoms with Crippen LogP contribution in [-0.2, 0) is 22.6 Å². The van der Waals surface area contributed by atoms with Crippen molar-refractivity contribution < 1.29 is 34.4 Å². The third-order valence-corrected chi connectivity index (χ3v) is 8.23. The second-order valence-electron chi connectivity index (χ2n) is 10.3. The zero-order valence-corrected chi connectivity index (χ0v) is 26.2. The Balaban J connectivity index is 1.68. The average Bonchev–Trinajstić information content (AvgIpc) is 3.44. The van der Waals surface area contributed by atoms with Crippen LogP contribution in [0.4, 0.5) is 0 Å². The maximum atomic E-state index is 13.6. The number of fused-ring (bicyclic) bond motifs is 1. The third kappa shape index (κ3) is 7.96. The normalized spacial score (nSPS) is 18.2. The first-order valence-electron chi connectivity index (χ1n) is 14.2. The summed E-state index contributed by atoms with van der Waals surface area (Å²) >= 11 is 2.07. The number of carbonyl (C=O) groups is 2. The SMILES string of the molecule is C=CCCC(=O)N(CCc1cc2ccccc2[nH]1)[C@@H]1CC(C(=O)NCCO)=C[C@H](Oc2c(I)cc(CO)cc2OC)[C@H]1O. The summed E-state index contributed by atoms with van der Waals surface area (Å²) in [5.41, 5.74) is 2.91. The quantitative estimate of drug-likeness (QED) is 0.128. The monoisotopic (exact) mass is 703 g/mol. The summed E-state index contributed by atoms with van der Waals surface area (Å²) in [7, 11) is 1.48. The molecule has 4 rings (SSSR count). The highest BCUT2D eigenvalue weighted by Crippen LogP contribution is 2.37. The van der Waals surface area contributed by atoms with E-state index in [1.54, 1.807) is 29.2 Å². The van der Waals surface area contributed by atoms with E-state index in [9.17, 15) is 24.9 Å². The highest BCUT2D eigenvalue weighted by Gasteiger charge is 2.40. The standard InChI is InChI=1S/C32H38IN3O7/c1-3-4-9-29(39)36(12-10-23-16-21-7-5-6-8-25(21)35-23)26-17-22(32(41)34-11-13-37)18-27(30(26)40)43-31-24(33)14-20(19-38)15-28(31)42-2/h3,5-8,14-16,18,26-27,30,35,37-38,40H,1,4,9-13,17,19H2,2H3,(H,34,41)/t26-,27+,30+/m1/s1. The maximum Gasteiger partial charge on any atom is 0.247 e. The fourth-order valence-corrected chi connectivity index (χ4v) is 6.04. The van der Waals surface area contributed by atoms with Gasteiger partial charge >= 0.3 is 0 Å². The van der Waals surface area contributed by atoms with E-state index in [1.807, 2.05) is 30.3 Å². The number of benzene rings is 2. The van der Waals surface area contributed by atoms with Gasteiger partial charge in [-0.25, -0.2) is 0 Å². The molecule has 11 heteroatoms. The van der Waals surface area contributed by atoms with E-state index >= 15 is 0 Å². The number of H-pyrrole nitrogens is 1. The first kappa shape index (κ1) is 32.5. The number of nitrogens with zero attached hydrogens (tertiary/aromatic N) is 1. The molecular formula is C32H38IN3O7. The average molecular weight is 704 g/mol. The number of amides is 2. The summed E-state index contributed by atoms with van der Waals surface area (Å²) < 4.78 is 12.5. The van der Waals surface area contributed by atoms with Gasteiger partial charge in [0, 0.05) is 49.1 Å². The molecule has 0 bridgehead atoms. The number of hydrogen-bond acceptors (Lipinski definition) is 7. The zero-order chi connectivity index (χ0) is 30.9. The summed E-state index contributed by atoms with van der Waals surface area (Å²) in [4.78, 5) is 31.7. The molecule has 1 aliphatic carbocycles. The van der Waals surface area contributed by atoms with Crippen LogP contribution in [-0.4, -0.2) is 82.1 Å². The number of aromatic amines is 1. The van der Waals surface area contributed by atoms with E-state index < -0.39 is 24.2 Å². The van der Waals surface area contributed by atoms with Crippen LogP contribution in [0.2, 0.25) is 0 Å². The Morgan fingerprint density at radius 1 is 1.23 bits per heavy atom. The number of ether oxygens (including phenoxy) is 2. The van der Waals surface area contributed by atoms with Crippen molar-refractivity contribution in [1.29, 1.82) is 0 Å². The van der Waals surface area contributed by atoms with Gasteiger partial charge in [0.1, 0.15) is 12.2 Å². The van der Waals surface area contributed by atoms with Crippen molar-refractivity contribution in [2.75, 3.05) is 26.8 Å². The number of carbonyl (C=O) groups excluding carboxylic acids is 2. The number of halogens is 1. The highest BCUT2D eigenvalue weighted by molar-refractivity contribution is 14.1. The van der Waals surface area contributed by atoms with Crippen LogP contribution in [0.25, 0.3) is 10.9 Å². The van der Waals surface area contributed by atoms with Crippen LogP contribution in [0.1, 0.15) is 30.5 Å². The van der Waals surface area contributed by atoms with Gasteiger partial charge in [0.25, 0.3) is 0 Å². The van der Waals surface area contributed by atoms with Gasteiger partial charge in [-0.05, 0) is 70.3 Å². The van der Waals surface area contributed by atoms with Crippen LogP contribution in [0.5, 0.6) is 11.5 Å². The van der Waals surface area contributed by atoms with E-state index in [2.05, 4.69) is 39.5 Å². The molecule has 2 aromatic carbocycles. The molecule has 10 nitrogen and oxygen atoms in total. The maximum absolute atomic E-state index is 13.6. The molecule has 0 unspecified atom stereocenters. The molecule has 0 aliphatic heterocycles. The number of methoxy groups -OCH3 is 1. The van der Waals surface area contributed by atoms with Crippen molar-refractivity contribution in [3.8, 4) is 11.5 Å². The predicted octanol–water partition coefficient (Wildman–Crippen LogP) is 3.23. The van der Waals surface area contributed by atoms with Gasteiger partial charge in [0.05, 0.1) is 29.9 Å². The molecule has 1 heterocycles.